The zero-order valence-electron chi connectivity index (χ0n) is 12.7. The van der Waals surface area contributed by atoms with Crippen LogP contribution in [0.1, 0.15) is 39.2 Å². The molecule has 1 aromatic rings. The molecule has 0 radical (unpaired) electrons. The molecule has 0 fully saturated rings. The van der Waals surface area contributed by atoms with Crippen LogP contribution in [0.3, 0.4) is 0 Å². The fourth-order valence-electron chi connectivity index (χ4n) is 1.50. The largest absolute Gasteiger partial charge is 0.499 e. The summed E-state index contributed by atoms with van der Waals surface area (Å²) in [6.07, 6.45) is 1.72. The van der Waals surface area contributed by atoms with Crippen LogP contribution in [0.5, 0.6) is 5.75 Å². The fraction of sp³-hybridized carbons (Fsp3) is 0.500. The van der Waals surface area contributed by atoms with Gasteiger partial charge in [0.15, 0.2) is 0 Å². The van der Waals surface area contributed by atoms with Crippen molar-refractivity contribution in [2.45, 2.75) is 40.5 Å². The quantitative estimate of drug-likeness (QED) is 0.454. The van der Waals surface area contributed by atoms with Crippen LogP contribution in [0.15, 0.2) is 30.5 Å². The highest BCUT2D eigenvalue weighted by atomic mass is 16.5. The van der Waals surface area contributed by atoms with Crippen molar-refractivity contribution in [3.63, 3.8) is 0 Å². The Hall–Kier alpha value is -1.64. The van der Waals surface area contributed by atoms with E-state index in [2.05, 4.69) is 6.58 Å². The van der Waals surface area contributed by atoms with Crippen LogP contribution in [0, 0.1) is 6.92 Å². The van der Waals surface area contributed by atoms with Gasteiger partial charge in [-0.1, -0.05) is 26.5 Å². The van der Waals surface area contributed by atoms with Crippen molar-refractivity contribution < 1.29 is 9.47 Å². The summed E-state index contributed by atoms with van der Waals surface area (Å²) in [7, 11) is 0. The first-order valence-electron chi connectivity index (χ1n) is 6.93. The van der Waals surface area contributed by atoms with Gasteiger partial charge in [0.05, 0.1) is 19.0 Å². The Morgan fingerprint density at radius 1 is 1.32 bits per heavy atom. The predicted molar refractivity (Wildman–Crippen MR) is 82.4 cm³/mol. The van der Waals surface area contributed by atoms with Gasteiger partial charge in [0, 0.05) is 18.2 Å². The van der Waals surface area contributed by atoms with E-state index < -0.39 is 0 Å². The minimum atomic E-state index is 0.649. The molecular formula is C16H27NO2. The number of hydrogen-bond acceptors (Lipinski definition) is 3. The molecule has 0 heterocycles. The summed E-state index contributed by atoms with van der Waals surface area (Å²) in [5.74, 6) is 1.67. The van der Waals surface area contributed by atoms with Gasteiger partial charge in [0.1, 0.15) is 5.75 Å². The molecule has 0 aliphatic heterocycles. The highest BCUT2D eigenvalue weighted by Crippen LogP contribution is 2.21. The lowest BCUT2D eigenvalue weighted by Crippen LogP contribution is -2.01. The number of hydrogen-bond donors (Lipinski definition) is 1. The molecular weight excluding hydrogens is 238 g/mol. The maximum Gasteiger partial charge on any atom is 0.124 e. The van der Waals surface area contributed by atoms with Crippen LogP contribution >= 0.6 is 0 Å². The third kappa shape index (κ3) is 7.39. The number of benzene rings is 1. The number of rotatable bonds is 7. The van der Waals surface area contributed by atoms with Gasteiger partial charge < -0.3 is 15.2 Å². The van der Waals surface area contributed by atoms with E-state index in [1.54, 1.807) is 0 Å². The minimum Gasteiger partial charge on any atom is -0.499 e. The van der Waals surface area contributed by atoms with Gasteiger partial charge in [-0.3, -0.25) is 0 Å². The molecule has 0 saturated carbocycles. The Bertz CT molecular complexity index is 375. The second-order valence-electron chi connectivity index (χ2n) is 3.95. The van der Waals surface area contributed by atoms with E-state index >= 15 is 0 Å². The molecule has 3 nitrogen and oxygen atoms in total. The summed E-state index contributed by atoms with van der Waals surface area (Å²) in [6, 6.07) is 5.69. The lowest BCUT2D eigenvalue weighted by molar-refractivity contribution is 0.211. The Balaban J connectivity index is 0.00000154. The van der Waals surface area contributed by atoms with Gasteiger partial charge in [-0.05, 0) is 31.9 Å². The number of aryl methyl sites for hydroxylation is 1. The second-order valence-corrected chi connectivity index (χ2v) is 3.95. The van der Waals surface area contributed by atoms with Crippen molar-refractivity contribution in [3.8, 4) is 5.75 Å². The summed E-state index contributed by atoms with van der Waals surface area (Å²) in [4.78, 5) is 0. The molecule has 19 heavy (non-hydrogen) atoms. The third-order valence-electron chi connectivity index (χ3n) is 2.42. The van der Waals surface area contributed by atoms with Crippen molar-refractivity contribution in [2.75, 3.05) is 18.9 Å². The van der Waals surface area contributed by atoms with Crippen LogP contribution in [-0.4, -0.2) is 13.2 Å². The van der Waals surface area contributed by atoms with E-state index in [0.29, 0.717) is 13.2 Å². The summed E-state index contributed by atoms with van der Waals surface area (Å²) in [5, 5.41) is 0. The third-order valence-corrected chi connectivity index (χ3v) is 2.42. The summed E-state index contributed by atoms with van der Waals surface area (Å²) in [6.45, 7) is 13.1. The Kier molecular flexibility index (Phi) is 9.41. The van der Waals surface area contributed by atoms with Crippen LogP contribution in [0.4, 0.5) is 5.69 Å². The zero-order chi connectivity index (χ0) is 14.7. The first-order valence-corrected chi connectivity index (χ1v) is 6.93. The van der Waals surface area contributed by atoms with Crippen molar-refractivity contribution in [2.24, 2.45) is 0 Å². The molecule has 0 unspecified atom stereocenters. The first-order chi connectivity index (χ1) is 9.13. The number of allylic oxidation sites excluding steroid dienone is 1. The van der Waals surface area contributed by atoms with Crippen LogP contribution < -0.4 is 10.5 Å². The molecule has 0 bridgehead atoms. The highest BCUT2D eigenvalue weighted by Gasteiger charge is 2.00. The SMILES string of the molecule is C=C(CCCOc1cc(N)ccc1C)OCC.CC. The number of nitrogens with two attached hydrogens (primary N) is 1. The average molecular weight is 265 g/mol. The lowest BCUT2D eigenvalue weighted by Gasteiger charge is -2.10. The van der Waals surface area contributed by atoms with E-state index in [-0.39, 0.29) is 0 Å². The van der Waals surface area contributed by atoms with Crippen LogP contribution in [0.25, 0.3) is 0 Å². The normalized spacial score (nSPS) is 9.26. The smallest absolute Gasteiger partial charge is 0.124 e. The van der Waals surface area contributed by atoms with Crippen LogP contribution in [-0.2, 0) is 4.74 Å². The average Bonchev–Trinajstić information content (AvgIpc) is 2.41. The summed E-state index contributed by atoms with van der Waals surface area (Å²) >= 11 is 0. The molecule has 3 heteroatoms. The van der Waals surface area contributed by atoms with E-state index in [9.17, 15) is 0 Å². The molecule has 0 amide bonds. The van der Waals surface area contributed by atoms with Gasteiger partial charge in [-0.2, -0.15) is 0 Å². The molecule has 0 saturated heterocycles. The van der Waals surface area contributed by atoms with Gasteiger partial charge in [0.25, 0.3) is 0 Å². The number of ether oxygens (including phenoxy) is 2. The number of anilines is 1. The molecule has 0 spiro atoms. The van der Waals surface area contributed by atoms with Crippen molar-refractivity contribution in [1.29, 1.82) is 0 Å². The van der Waals surface area contributed by atoms with Gasteiger partial charge >= 0.3 is 0 Å². The topological polar surface area (TPSA) is 44.5 Å². The van der Waals surface area contributed by atoms with Crippen molar-refractivity contribution in [1.82, 2.24) is 0 Å². The zero-order valence-corrected chi connectivity index (χ0v) is 12.7. The van der Waals surface area contributed by atoms with Gasteiger partial charge in [-0.25, -0.2) is 0 Å². The maximum atomic E-state index is 5.71. The highest BCUT2D eigenvalue weighted by molar-refractivity contribution is 5.47. The predicted octanol–water partition coefficient (Wildman–Crippen LogP) is 4.31. The van der Waals surface area contributed by atoms with Crippen LogP contribution in [0.2, 0.25) is 0 Å². The summed E-state index contributed by atoms with van der Waals surface area (Å²) < 4.78 is 10.9. The van der Waals surface area contributed by atoms with Gasteiger partial charge in [0.2, 0.25) is 0 Å². The molecule has 108 valence electrons. The lowest BCUT2D eigenvalue weighted by atomic mass is 10.2. The molecule has 1 aromatic carbocycles. The van der Waals surface area contributed by atoms with E-state index in [4.69, 9.17) is 15.2 Å². The van der Waals surface area contributed by atoms with E-state index in [1.165, 1.54) is 0 Å². The monoisotopic (exact) mass is 265 g/mol. The van der Waals surface area contributed by atoms with Crippen molar-refractivity contribution in [3.05, 3.63) is 36.1 Å². The molecule has 0 aliphatic rings. The van der Waals surface area contributed by atoms with E-state index in [0.717, 1.165) is 35.6 Å². The maximum absolute atomic E-state index is 5.71. The molecule has 0 aromatic heterocycles. The number of nitrogen functional groups attached to an aromatic ring is 1. The molecule has 1 rings (SSSR count). The molecule has 2 N–H and O–H groups in total. The second kappa shape index (κ2) is 10.3. The fourth-order valence-corrected chi connectivity index (χ4v) is 1.50. The first kappa shape index (κ1) is 17.4. The summed E-state index contributed by atoms with van der Waals surface area (Å²) in [5.41, 5.74) is 7.53. The van der Waals surface area contributed by atoms with Gasteiger partial charge in [-0.15, -0.1) is 0 Å². The Morgan fingerprint density at radius 2 is 2.00 bits per heavy atom. The Morgan fingerprint density at radius 3 is 2.63 bits per heavy atom. The molecule has 0 aliphatic carbocycles. The standard InChI is InChI=1S/C14H21NO2.C2H6/c1-4-16-12(3)6-5-9-17-14-10-13(15)8-7-11(14)2;1-2/h7-8,10H,3-6,9,15H2,1-2H3;1-2H3. The van der Waals surface area contributed by atoms with Crippen molar-refractivity contribution >= 4 is 5.69 Å². The minimum absolute atomic E-state index is 0.649. The molecule has 0 atom stereocenters. The Labute approximate surface area is 117 Å². The van der Waals surface area contributed by atoms with E-state index in [1.807, 2.05) is 45.9 Å².